The van der Waals surface area contributed by atoms with E-state index in [-0.39, 0.29) is 4.90 Å². The Bertz CT molecular complexity index is 898. The van der Waals surface area contributed by atoms with Crippen LogP contribution in [0.1, 0.15) is 31.9 Å². The summed E-state index contributed by atoms with van der Waals surface area (Å²) in [7, 11) is -3.67. The fourth-order valence-electron chi connectivity index (χ4n) is 2.21. The van der Waals surface area contributed by atoms with E-state index in [1.54, 1.807) is 70.2 Å². The van der Waals surface area contributed by atoms with Gasteiger partial charge in [-0.05, 0) is 70.5 Å². The van der Waals surface area contributed by atoms with Crippen molar-refractivity contribution in [1.82, 2.24) is 0 Å². The van der Waals surface area contributed by atoms with E-state index in [0.29, 0.717) is 16.9 Å². The number of sulfonamides is 1. The summed E-state index contributed by atoms with van der Waals surface area (Å²) in [6.07, 6.45) is -0.561. The van der Waals surface area contributed by atoms with Gasteiger partial charge in [-0.25, -0.2) is 13.2 Å². The molecule has 2 N–H and O–H groups in total. The van der Waals surface area contributed by atoms with Crippen molar-refractivity contribution in [2.24, 2.45) is 0 Å². The van der Waals surface area contributed by atoms with E-state index in [1.807, 2.05) is 6.92 Å². The van der Waals surface area contributed by atoms with Gasteiger partial charge in [0.1, 0.15) is 5.60 Å². The predicted molar refractivity (Wildman–Crippen MR) is 103 cm³/mol. The second-order valence-electron chi connectivity index (χ2n) is 7.08. The minimum absolute atomic E-state index is 0.191. The van der Waals surface area contributed by atoms with Crippen LogP contribution in [0.4, 0.5) is 16.2 Å². The lowest BCUT2D eigenvalue weighted by Crippen LogP contribution is -2.27. The van der Waals surface area contributed by atoms with Crippen molar-refractivity contribution in [3.05, 3.63) is 53.6 Å². The first kappa shape index (κ1) is 19.8. The summed E-state index contributed by atoms with van der Waals surface area (Å²) in [6, 6.07) is 11.5. The maximum absolute atomic E-state index is 12.4. The Balaban J connectivity index is 2.14. The molecule has 0 aliphatic carbocycles. The molecular formula is C19H24N2O4S. The van der Waals surface area contributed by atoms with Crippen LogP contribution in [0.2, 0.25) is 0 Å². The Morgan fingerprint density at radius 2 is 1.62 bits per heavy atom. The molecule has 0 spiro atoms. The summed E-state index contributed by atoms with van der Waals surface area (Å²) in [5.41, 5.74) is 2.06. The molecule has 0 aliphatic heterocycles. The third-order valence-electron chi connectivity index (χ3n) is 3.45. The summed E-state index contributed by atoms with van der Waals surface area (Å²) >= 11 is 0. The SMILES string of the molecule is Cc1ccc(S(=O)(=O)Nc2ccc(NC(=O)OC(C)(C)C)c(C)c2)cc1. The van der Waals surface area contributed by atoms with Crippen LogP contribution in [-0.2, 0) is 14.8 Å². The van der Waals surface area contributed by atoms with Crippen molar-refractivity contribution < 1.29 is 17.9 Å². The largest absolute Gasteiger partial charge is 0.444 e. The summed E-state index contributed by atoms with van der Waals surface area (Å²) in [5, 5.41) is 2.66. The number of anilines is 2. The highest BCUT2D eigenvalue weighted by atomic mass is 32.2. The summed E-state index contributed by atoms with van der Waals surface area (Å²) in [5.74, 6) is 0. The molecule has 7 heteroatoms. The Morgan fingerprint density at radius 1 is 1.00 bits per heavy atom. The molecule has 1 amide bonds. The van der Waals surface area contributed by atoms with Crippen LogP contribution < -0.4 is 10.0 Å². The van der Waals surface area contributed by atoms with E-state index in [2.05, 4.69) is 10.0 Å². The lowest BCUT2D eigenvalue weighted by molar-refractivity contribution is 0.0636. The Hall–Kier alpha value is -2.54. The maximum atomic E-state index is 12.4. The van der Waals surface area contributed by atoms with Crippen molar-refractivity contribution in [2.75, 3.05) is 10.0 Å². The monoisotopic (exact) mass is 376 g/mol. The molecule has 0 aromatic heterocycles. The van der Waals surface area contributed by atoms with Crippen LogP contribution in [-0.4, -0.2) is 20.1 Å². The van der Waals surface area contributed by atoms with Gasteiger partial charge >= 0.3 is 6.09 Å². The number of rotatable bonds is 4. The van der Waals surface area contributed by atoms with Crippen molar-refractivity contribution >= 4 is 27.5 Å². The number of carbonyl (C=O) groups is 1. The molecule has 0 atom stereocenters. The quantitative estimate of drug-likeness (QED) is 0.825. The molecule has 0 unspecified atom stereocenters. The number of hydrogen-bond donors (Lipinski definition) is 2. The van der Waals surface area contributed by atoms with Crippen LogP contribution in [0.15, 0.2) is 47.4 Å². The van der Waals surface area contributed by atoms with Gasteiger partial charge in [-0.3, -0.25) is 10.0 Å². The molecule has 0 fully saturated rings. The van der Waals surface area contributed by atoms with E-state index in [0.717, 1.165) is 5.56 Å². The highest BCUT2D eigenvalue weighted by Gasteiger charge is 2.18. The van der Waals surface area contributed by atoms with E-state index in [4.69, 9.17) is 4.74 Å². The topological polar surface area (TPSA) is 84.5 Å². The van der Waals surface area contributed by atoms with Crippen LogP contribution in [0.25, 0.3) is 0 Å². The van der Waals surface area contributed by atoms with Crippen molar-refractivity contribution in [2.45, 2.75) is 45.1 Å². The molecule has 0 aliphatic rings. The zero-order chi connectivity index (χ0) is 19.5. The van der Waals surface area contributed by atoms with Crippen LogP contribution in [0.3, 0.4) is 0 Å². The smallest absolute Gasteiger partial charge is 0.412 e. The van der Waals surface area contributed by atoms with Crippen LogP contribution in [0.5, 0.6) is 0 Å². The highest BCUT2D eigenvalue weighted by Crippen LogP contribution is 2.23. The Kier molecular flexibility index (Phi) is 5.61. The van der Waals surface area contributed by atoms with E-state index >= 15 is 0 Å². The number of ether oxygens (including phenoxy) is 1. The van der Waals surface area contributed by atoms with Gasteiger partial charge in [0.2, 0.25) is 0 Å². The van der Waals surface area contributed by atoms with Crippen molar-refractivity contribution in [3.8, 4) is 0 Å². The normalized spacial score (nSPS) is 11.7. The minimum atomic E-state index is -3.67. The van der Waals surface area contributed by atoms with Gasteiger partial charge < -0.3 is 4.74 Å². The van der Waals surface area contributed by atoms with Crippen LogP contribution >= 0.6 is 0 Å². The number of hydrogen-bond acceptors (Lipinski definition) is 4. The zero-order valence-corrected chi connectivity index (χ0v) is 16.4. The molecule has 0 saturated carbocycles. The molecule has 0 radical (unpaired) electrons. The van der Waals surface area contributed by atoms with Gasteiger partial charge in [0.15, 0.2) is 0 Å². The van der Waals surface area contributed by atoms with Gasteiger partial charge in [0.05, 0.1) is 4.90 Å². The minimum Gasteiger partial charge on any atom is -0.444 e. The van der Waals surface area contributed by atoms with Crippen molar-refractivity contribution in [1.29, 1.82) is 0 Å². The van der Waals surface area contributed by atoms with E-state index in [9.17, 15) is 13.2 Å². The fraction of sp³-hybridized carbons (Fsp3) is 0.316. The first-order valence-electron chi connectivity index (χ1n) is 8.16. The Morgan fingerprint density at radius 3 is 2.15 bits per heavy atom. The molecule has 26 heavy (non-hydrogen) atoms. The fourth-order valence-corrected chi connectivity index (χ4v) is 3.26. The van der Waals surface area contributed by atoms with Gasteiger partial charge in [0.25, 0.3) is 10.0 Å². The second-order valence-corrected chi connectivity index (χ2v) is 8.76. The third-order valence-corrected chi connectivity index (χ3v) is 4.84. The zero-order valence-electron chi connectivity index (χ0n) is 15.6. The molecule has 0 saturated heterocycles. The third kappa shape index (κ3) is 5.49. The molecular weight excluding hydrogens is 352 g/mol. The highest BCUT2D eigenvalue weighted by molar-refractivity contribution is 7.92. The summed E-state index contributed by atoms with van der Waals surface area (Å²) in [6.45, 7) is 9.01. The van der Waals surface area contributed by atoms with Crippen molar-refractivity contribution in [3.63, 3.8) is 0 Å². The summed E-state index contributed by atoms with van der Waals surface area (Å²) < 4.78 is 32.6. The lowest BCUT2D eigenvalue weighted by Gasteiger charge is -2.20. The standard InChI is InChI=1S/C19H24N2O4S/c1-13-6-9-16(10-7-13)26(23,24)21-15-8-11-17(14(2)12-15)20-18(22)25-19(3,4)5/h6-12,21H,1-5H3,(H,20,22). The predicted octanol–water partition coefficient (Wildman–Crippen LogP) is 4.45. The number of benzene rings is 2. The van der Waals surface area contributed by atoms with Gasteiger partial charge in [0, 0.05) is 11.4 Å². The molecule has 2 rings (SSSR count). The molecule has 0 bridgehead atoms. The van der Waals surface area contributed by atoms with Gasteiger partial charge in [-0.15, -0.1) is 0 Å². The number of aryl methyl sites for hydroxylation is 2. The van der Waals surface area contributed by atoms with Gasteiger partial charge in [-0.1, -0.05) is 17.7 Å². The average molecular weight is 376 g/mol. The average Bonchev–Trinajstić information content (AvgIpc) is 2.48. The number of nitrogens with one attached hydrogen (secondary N) is 2. The first-order valence-corrected chi connectivity index (χ1v) is 9.65. The lowest BCUT2D eigenvalue weighted by atomic mass is 10.2. The maximum Gasteiger partial charge on any atom is 0.412 e. The summed E-state index contributed by atoms with van der Waals surface area (Å²) in [4.78, 5) is 12.1. The molecule has 2 aromatic carbocycles. The molecule has 6 nitrogen and oxygen atoms in total. The van der Waals surface area contributed by atoms with E-state index < -0.39 is 21.7 Å². The number of amides is 1. The van der Waals surface area contributed by atoms with Crippen LogP contribution in [0, 0.1) is 13.8 Å². The van der Waals surface area contributed by atoms with E-state index in [1.165, 1.54) is 0 Å². The molecule has 140 valence electrons. The number of carbonyl (C=O) groups excluding carboxylic acids is 1. The first-order chi connectivity index (χ1) is 12.0. The molecule has 0 heterocycles. The molecule has 2 aromatic rings. The second kappa shape index (κ2) is 7.37. The Labute approximate surface area is 154 Å². The van der Waals surface area contributed by atoms with Gasteiger partial charge in [-0.2, -0.15) is 0 Å².